The first-order chi connectivity index (χ1) is 9.54. The van der Waals surface area contributed by atoms with E-state index >= 15 is 0 Å². The highest BCUT2D eigenvalue weighted by molar-refractivity contribution is 7.99. The molecule has 1 aromatic carbocycles. The van der Waals surface area contributed by atoms with Gasteiger partial charge >= 0.3 is 0 Å². The van der Waals surface area contributed by atoms with Gasteiger partial charge in [0, 0.05) is 16.7 Å². The minimum atomic E-state index is 0.568. The molecular formula is C15H16N4S. The van der Waals surface area contributed by atoms with E-state index in [2.05, 4.69) is 40.9 Å². The van der Waals surface area contributed by atoms with Crippen molar-refractivity contribution >= 4 is 28.6 Å². The number of nitrogen functional groups attached to an aromatic ring is 1. The van der Waals surface area contributed by atoms with E-state index in [0.29, 0.717) is 5.82 Å². The Morgan fingerprint density at radius 2 is 2.00 bits per heavy atom. The number of aryl methyl sites for hydroxylation is 2. The summed E-state index contributed by atoms with van der Waals surface area (Å²) in [5, 5.41) is 0.877. The molecule has 0 radical (unpaired) electrons. The molecule has 5 heteroatoms. The molecule has 0 fully saturated rings. The maximum atomic E-state index is 5.84. The number of nitrogens with zero attached hydrogens (tertiary/aromatic N) is 2. The first-order valence-corrected chi connectivity index (χ1v) is 7.22. The first kappa shape index (κ1) is 13.0. The van der Waals surface area contributed by atoms with E-state index in [1.165, 1.54) is 11.1 Å². The number of imidazole rings is 1. The first-order valence-electron chi connectivity index (χ1n) is 6.40. The van der Waals surface area contributed by atoms with Crippen LogP contribution in [-0.4, -0.2) is 15.0 Å². The number of pyridine rings is 1. The van der Waals surface area contributed by atoms with Crippen LogP contribution in [0.25, 0.3) is 11.0 Å². The smallest absolute Gasteiger partial charge is 0.171 e. The van der Waals surface area contributed by atoms with Crippen molar-refractivity contribution in [3.8, 4) is 0 Å². The minimum absolute atomic E-state index is 0.568. The lowest BCUT2D eigenvalue weighted by Gasteiger charge is -2.04. The van der Waals surface area contributed by atoms with Gasteiger partial charge in [0.15, 0.2) is 5.16 Å². The van der Waals surface area contributed by atoms with E-state index in [9.17, 15) is 0 Å². The summed E-state index contributed by atoms with van der Waals surface area (Å²) in [6, 6.07) is 6.22. The average molecular weight is 284 g/mol. The number of aromatic nitrogens is 3. The molecular weight excluding hydrogens is 268 g/mol. The van der Waals surface area contributed by atoms with Crippen LogP contribution in [0.15, 0.2) is 34.4 Å². The molecule has 0 saturated carbocycles. The molecule has 0 saturated heterocycles. The summed E-state index contributed by atoms with van der Waals surface area (Å²) in [7, 11) is 0. The molecule has 0 aliphatic carbocycles. The fourth-order valence-electron chi connectivity index (χ4n) is 2.24. The summed E-state index contributed by atoms with van der Waals surface area (Å²) in [5.74, 6) is 0.568. The van der Waals surface area contributed by atoms with Crippen molar-refractivity contribution in [3.05, 3.63) is 41.1 Å². The lowest BCUT2D eigenvalue weighted by atomic mass is 10.1. The van der Waals surface area contributed by atoms with E-state index < -0.39 is 0 Å². The molecule has 2 aromatic heterocycles. The van der Waals surface area contributed by atoms with Crippen LogP contribution in [0.1, 0.15) is 16.7 Å². The zero-order valence-electron chi connectivity index (χ0n) is 11.7. The van der Waals surface area contributed by atoms with Crippen LogP contribution >= 0.6 is 11.8 Å². The van der Waals surface area contributed by atoms with Crippen molar-refractivity contribution in [2.45, 2.75) is 30.8 Å². The fraction of sp³-hybridized carbons (Fsp3) is 0.200. The Balaban J connectivity index is 2.03. The number of hydrogen-bond acceptors (Lipinski definition) is 4. The molecule has 2 heterocycles. The Labute approximate surface area is 121 Å². The van der Waals surface area contributed by atoms with Crippen molar-refractivity contribution in [2.24, 2.45) is 0 Å². The summed E-state index contributed by atoms with van der Waals surface area (Å²) in [4.78, 5) is 13.2. The molecule has 3 N–H and O–H groups in total. The zero-order chi connectivity index (χ0) is 14.3. The summed E-state index contributed by atoms with van der Waals surface area (Å²) in [5.41, 5.74) is 11.4. The number of aromatic amines is 1. The number of nitrogens with one attached hydrogen (secondary N) is 1. The predicted molar refractivity (Wildman–Crippen MR) is 83.1 cm³/mol. The fourth-order valence-corrected chi connectivity index (χ4v) is 3.14. The van der Waals surface area contributed by atoms with Gasteiger partial charge < -0.3 is 10.7 Å². The summed E-state index contributed by atoms with van der Waals surface area (Å²) in [6.07, 6.45) is 1.72. The number of rotatable bonds is 2. The van der Waals surface area contributed by atoms with Gasteiger partial charge in [0.1, 0.15) is 5.82 Å². The molecule has 0 bridgehead atoms. The van der Waals surface area contributed by atoms with Crippen LogP contribution in [0.3, 0.4) is 0 Å². The second-order valence-electron chi connectivity index (χ2n) is 4.94. The van der Waals surface area contributed by atoms with Gasteiger partial charge in [-0.1, -0.05) is 17.8 Å². The monoisotopic (exact) mass is 284 g/mol. The van der Waals surface area contributed by atoms with Crippen LogP contribution in [0.2, 0.25) is 0 Å². The third-order valence-electron chi connectivity index (χ3n) is 3.30. The molecule has 20 heavy (non-hydrogen) atoms. The van der Waals surface area contributed by atoms with Crippen LogP contribution < -0.4 is 5.73 Å². The number of anilines is 1. The average Bonchev–Trinajstić information content (AvgIpc) is 2.78. The number of fused-ring (bicyclic) bond motifs is 1. The molecule has 4 nitrogen and oxygen atoms in total. The maximum Gasteiger partial charge on any atom is 0.171 e. The number of nitrogens with two attached hydrogens (primary N) is 1. The van der Waals surface area contributed by atoms with E-state index in [-0.39, 0.29) is 0 Å². The van der Waals surface area contributed by atoms with E-state index in [1.54, 1.807) is 18.0 Å². The van der Waals surface area contributed by atoms with Crippen molar-refractivity contribution in [3.63, 3.8) is 0 Å². The topological polar surface area (TPSA) is 67.6 Å². The molecule has 0 amide bonds. The molecule has 3 rings (SSSR count). The number of hydrogen-bond donors (Lipinski definition) is 2. The third kappa shape index (κ3) is 2.25. The highest BCUT2D eigenvalue weighted by atomic mass is 32.2. The predicted octanol–water partition coefficient (Wildman–Crippen LogP) is 3.62. The van der Waals surface area contributed by atoms with E-state index in [4.69, 9.17) is 5.73 Å². The van der Waals surface area contributed by atoms with Crippen molar-refractivity contribution in [1.82, 2.24) is 15.0 Å². The van der Waals surface area contributed by atoms with Crippen molar-refractivity contribution in [2.75, 3.05) is 5.73 Å². The molecule has 0 unspecified atom stereocenters. The number of benzene rings is 1. The number of H-pyrrole nitrogens is 1. The summed E-state index contributed by atoms with van der Waals surface area (Å²) in [6.45, 7) is 6.15. The molecule has 0 aliphatic heterocycles. The van der Waals surface area contributed by atoms with E-state index in [1.807, 2.05) is 13.0 Å². The van der Waals surface area contributed by atoms with Gasteiger partial charge in [-0.25, -0.2) is 9.97 Å². The quantitative estimate of drug-likeness (QED) is 0.754. The van der Waals surface area contributed by atoms with Gasteiger partial charge in [-0.2, -0.15) is 0 Å². The lowest BCUT2D eigenvalue weighted by Crippen LogP contribution is -1.94. The normalized spacial score (nSPS) is 11.2. The second-order valence-corrected chi connectivity index (χ2v) is 5.97. The summed E-state index contributed by atoms with van der Waals surface area (Å²) < 4.78 is 0. The summed E-state index contributed by atoms with van der Waals surface area (Å²) >= 11 is 1.58. The maximum absolute atomic E-state index is 5.84. The highest BCUT2D eigenvalue weighted by Gasteiger charge is 2.10. The van der Waals surface area contributed by atoms with Crippen molar-refractivity contribution in [1.29, 1.82) is 0 Å². The Kier molecular flexibility index (Phi) is 3.14. The largest absolute Gasteiger partial charge is 0.383 e. The highest BCUT2D eigenvalue weighted by Crippen LogP contribution is 2.31. The Hall–Kier alpha value is -2.01. The van der Waals surface area contributed by atoms with Gasteiger partial charge in [0.2, 0.25) is 0 Å². The molecule has 102 valence electrons. The Morgan fingerprint density at radius 3 is 2.80 bits per heavy atom. The van der Waals surface area contributed by atoms with Gasteiger partial charge in [0.05, 0.1) is 11.0 Å². The molecule has 0 aliphatic rings. The van der Waals surface area contributed by atoms with Crippen LogP contribution in [0.4, 0.5) is 5.82 Å². The van der Waals surface area contributed by atoms with Crippen LogP contribution in [0, 0.1) is 20.8 Å². The van der Waals surface area contributed by atoms with Gasteiger partial charge in [0.25, 0.3) is 0 Å². The standard InChI is InChI=1S/C15H16N4S/c1-8-6-9(2)13-11(7-8)18-15(19-13)20-12-4-5-17-14(16)10(12)3/h4-7H,1-3H3,(H2,16,17)(H,18,19). The van der Waals surface area contributed by atoms with Gasteiger partial charge in [-0.15, -0.1) is 0 Å². The van der Waals surface area contributed by atoms with Gasteiger partial charge in [-0.3, -0.25) is 0 Å². The van der Waals surface area contributed by atoms with Crippen LogP contribution in [0.5, 0.6) is 0 Å². The Morgan fingerprint density at radius 1 is 1.20 bits per heavy atom. The third-order valence-corrected chi connectivity index (χ3v) is 4.35. The van der Waals surface area contributed by atoms with Gasteiger partial charge in [-0.05, 0) is 44.0 Å². The van der Waals surface area contributed by atoms with Crippen LogP contribution in [-0.2, 0) is 0 Å². The SMILES string of the molecule is Cc1cc(C)c2nc(Sc3ccnc(N)c3C)[nH]c2c1. The minimum Gasteiger partial charge on any atom is -0.383 e. The molecule has 0 atom stereocenters. The zero-order valence-corrected chi connectivity index (χ0v) is 12.5. The Bertz CT molecular complexity index is 792. The van der Waals surface area contributed by atoms with E-state index in [0.717, 1.165) is 26.6 Å². The van der Waals surface area contributed by atoms with Crippen molar-refractivity contribution < 1.29 is 0 Å². The molecule has 0 spiro atoms. The lowest BCUT2D eigenvalue weighted by molar-refractivity contribution is 1.07. The molecule has 3 aromatic rings. The second kappa shape index (κ2) is 4.83.